The molecule has 0 bridgehead atoms. The first kappa shape index (κ1) is 18.5. The molecule has 3 aromatic rings. The second-order valence-electron chi connectivity index (χ2n) is 6.61. The van der Waals surface area contributed by atoms with Crippen LogP contribution in [0.25, 0.3) is 0 Å². The summed E-state index contributed by atoms with van der Waals surface area (Å²) in [6.45, 7) is 0.301. The van der Waals surface area contributed by atoms with Gasteiger partial charge < -0.3 is 15.5 Å². The molecule has 0 spiro atoms. The van der Waals surface area contributed by atoms with Gasteiger partial charge in [0.1, 0.15) is 0 Å². The number of carbonyl (C=O) groups is 2. The van der Waals surface area contributed by atoms with Gasteiger partial charge in [0.15, 0.2) is 0 Å². The maximum atomic E-state index is 13.0. The molecule has 28 heavy (non-hydrogen) atoms. The highest BCUT2D eigenvalue weighted by atomic mass is 35.5. The zero-order valence-electron chi connectivity index (χ0n) is 15.1. The molecule has 1 atom stereocenters. The van der Waals surface area contributed by atoms with Gasteiger partial charge in [-0.3, -0.25) is 9.59 Å². The summed E-state index contributed by atoms with van der Waals surface area (Å²) in [5, 5.41) is 8.56. The van der Waals surface area contributed by atoms with Gasteiger partial charge in [0.2, 0.25) is 5.91 Å². The molecule has 1 aromatic heterocycles. The largest absolute Gasteiger partial charge is 0.364 e. The van der Waals surface area contributed by atoms with Gasteiger partial charge in [-0.15, -0.1) is 11.3 Å². The second-order valence-corrected chi connectivity index (χ2v) is 8.03. The van der Waals surface area contributed by atoms with Crippen LogP contribution in [0.4, 0.5) is 11.4 Å². The minimum absolute atomic E-state index is 0.0924. The topological polar surface area (TPSA) is 61.4 Å². The van der Waals surface area contributed by atoms with Gasteiger partial charge in [-0.2, -0.15) is 0 Å². The van der Waals surface area contributed by atoms with E-state index in [-0.39, 0.29) is 17.9 Å². The number of halogens is 1. The monoisotopic (exact) mass is 411 g/mol. The average Bonchev–Trinajstić information content (AvgIpc) is 3.20. The third-order valence-corrected chi connectivity index (χ3v) is 5.82. The molecule has 0 aliphatic carbocycles. The van der Waals surface area contributed by atoms with Crippen molar-refractivity contribution in [3.63, 3.8) is 0 Å². The Bertz CT molecular complexity index is 1020. The van der Waals surface area contributed by atoms with Gasteiger partial charge >= 0.3 is 0 Å². The normalized spacial score (nSPS) is 14.2. The summed E-state index contributed by atoms with van der Waals surface area (Å²) in [6.07, 6.45) is 0. The van der Waals surface area contributed by atoms with Crippen molar-refractivity contribution < 1.29 is 9.59 Å². The average molecular weight is 412 g/mol. The predicted octanol–water partition coefficient (Wildman–Crippen LogP) is 4.31. The predicted molar refractivity (Wildman–Crippen MR) is 113 cm³/mol. The number of nitrogens with one attached hydrogen (secondary N) is 2. The molecule has 4 rings (SSSR count). The quantitative estimate of drug-likeness (QED) is 0.672. The smallest absolute Gasteiger partial charge is 0.252 e. The van der Waals surface area contributed by atoms with E-state index in [2.05, 4.69) is 10.6 Å². The van der Waals surface area contributed by atoms with E-state index in [9.17, 15) is 9.59 Å². The standard InChI is InChI=1S/C21H18ClN3O2S/c1-25-12-19(26)23-16-11-14(6-9-17(16)25)21(27)24-20(18-3-2-10-28-18)13-4-7-15(22)8-5-13/h2-11,20H,12H2,1H3,(H,23,26)(H,24,27). The highest BCUT2D eigenvalue weighted by molar-refractivity contribution is 7.10. The van der Waals surface area contributed by atoms with Gasteiger partial charge in [0.05, 0.1) is 24.0 Å². The number of anilines is 2. The maximum Gasteiger partial charge on any atom is 0.252 e. The number of rotatable bonds is 4. The van der Waals surface area contributed by atoms with Gasteiger partial charge in [0, 0.05) is 22.5 Å². The van der Waals surface area contributed by atoms with Crippen molar-refractivity contribution in [1.82, 2.24) is 5.32 Å². The van der Waals surface area contributed by atoms with Crippen molar-refractivity contribution >= 4 is 46.1 Å². The van der Waals surface area contributed by atoms with Crippen molar-refractivity contribution in [3.05, 3.63) is 81.0 Å². The van der Waals surface area contributed by atoms with E-state index >= 15 is 0 Å². The molecule has 2 heterocycles. The van der Waals surface area contributed by atoms with E-state index in [4.69, 9.17) is 11.6 Å². The molecular formula is C21H18ClN3O2S. The lowest BCUT2D eigenvalue weighted by Gasteiger charge is -2.27. The summed E-state index contributed by atoms with van der Waals surface area (Å²) in [5.41, 5.74) is 2.98. The van der Waals surface area contributed by atoms with Crippen LogP contribution in [-0.2, 0) is 4.79 Å². The van der Waals surface area contributed by atoms with E-state index in [1.807, 2.05) is 59.8 Å². The maximum absolute atomic E-state index is 13.0. The Balaban J connectivity index is 1.62. The Morgan fingerprint density at radius 1 is 1.21 bits per heavy atom. The fourth-order valence-corrected chi connectivity index (χ4v) is 4.17. The lowest BCUT2D eigenvalue weighted by Crippen LogP contribution is -2.35. The minimum Gasteiger partial charge on any atom is -0.364 e. The zero-order valence-corrected chi connectivity index (χ0v) is 16.7. The Hall–Kier alpha value is -2.83. The Morgan fingerprint density at radius 2 is 2.00 bits per heavy atom. The molecule has 1 aliphatic rings. The van der Waals surface area contributed by atoms with E-state index in [1.54, 1.807) is 23.5 Å². The summed E-state index contributed by atoms with van der Waals surface area (Å²) < 4.78 is 0. The molecule has 5 nitrogen and oxygen atoms in total. The van der Waals surface area contributed by atoms with E-state index < -0.39 is 0 Å². The van der Waals surface area contributed by atoms with Crippen LogP contribution in [0.1, 0.15) is 26.8 Å². The molecule has 2 aromatic carbocycles. The van der Waals surface area contributed by atoms with Crippen molar-refractivity contribution in [3.8, 4) is 0 Å². The summed E-state index contributed by atoms with van der Waals surface area (Å²) in [5.74, 6) is -0.302. The number of amides is 2. The summed E-state index contributed by atoms with van der Waals surface area (Å²) in [6, 6.07) is 16.5. The molecule has 7 heteroatoms. The summed E-state index contributed by atoms with van der Waals surface area (Å²) >= 11 is 7.59. The number of thiophene rings is 1. The van der Waals surface area contributed by atoms with Crippen LogP contribution >= 0.6 is 22.9 Å². The Labute approximate surface area is 171 Å². The molecule has 0 saturated heterocycles. The third kappa shape index (κ3) is 3.74. The van der Waals surface area contributed by atoms with Gasteiger partial charge in [-0.25, -0.2) is 0 Å². The molecule has 2 amide bonds. The number of benzene rings is 2. The van der Waals surface area contributed by atoms with Crippen LogP contribution < -0.4 is 15.5 Å². The van der Waals surface area contributed by atoms with E-state index in [0.29, 0.717) is 22.8 Å². The minimum atomic E-state index is -0.280. The highest BCUT2D eigenvalue weighted by Gasteiger charge is 2.22. The van der Waals surface area contributed by atoms with Crippen molar-refractivity contribution in [2.75, 3.05) is 23.8 Å². The molecule has 0 saturated carbocycles. The second kappa shape index (κ2) is 7.66. The SMILES string of the molecule is CN1CC(=O)Nc2cc(C(=O)NC(c3ccc(Cl)cc3)c3cccs3)ccc21. The van der Waals surface area contributed by atoms with Crippen LogP contribution in [0.3, 0.4) is 0 Å². The third-order valence-electron chi connectivity index (χ3n) is 4.63. The van der Waals surface area contributed by atoms with Gasteiger partial charge in [-0.1, -0.05) is 29.8 Å². The van der Waals surface area contributed by atoms with Crippen LogP contribution in [0.15, 0.2) is 60.0 Å². The number of hydrogen-bond acceptors (Lipinski definition) is 4. The first-order chi connectivity index (χ1) is 13.5. The van der Waals surface area contributed by atoms with Crippen LogP contribution in [-0.4, -0.2) is 25.4 Å². The molecule has 0 radical (unpaired) electrons. The fourth-order valence-electron chi connectivity index (χ4n) is 3.24. The zero-order chi connectivity index (χ0) is 19.7. The molecule has 1 aliphatic heterocycles. The van der Waals surface area contributed by atoms with Crippen LogP contribution in [0, 0.1) is 0 Å². The first-order valence-corrected chi connectivity index (χ1v) is 10.0. The summed E-state index contributed by atoms with van der Waals surface area (Å²) in [7, 11) is 1.85. The number of hydrogen-bond donors (Lipinski definition) is 2. The van der Waals surface area contributed by atoms with E-state index in [1.165, 1.54) is 0 Å². The lowest BCUT2D eigenvalue weighted by atomic mass is 10.0. The van der Waals surface area contributed by atoms with Crippen molar-refractivity contribution in [2.45, 2.75) is 6.04 Å². The van der Waals surface area contributed by atoms with Crippen LogP contribution in [0.5, 0.6) is 0 Å². The number of likely N-dealkylation sites (N-methyl/N-ethyl adjacent to an activating group) is 1. The molecular weight excluding hydrogens is 394 g/mol. The Morgan fingerprint density at radius 3 is 2.71 bits per heavy atom. The fraction of sp³-hybridized carbons (Fsp3) is 0.143. The lowest BCUT2D eigenvalue weighted by molar-refractivity contribution is -0.115. The number of nitrogens with zero attached hydrogens (tertiary/aromatic N) is 1. The van der Waals surface area contributed by atoms with E-state index in [0.717, 1.165) is 16.1 Å². The summed E-state index contributed by atoms with van der Waals surface area (Å²) in [4.78, 5) is 27.7. The van der Waals surface area contributed by atoms with Crippen molar-refractivity contribution in [1.29, 1.82) is 0 Å². The van der Waals surface area contributed by atoms with Gasteiger partial charge in [-0.05, 0) is 47.3 Å². The number of fused-ring (bicyclic) bond motifs is 1. The van der Waals surface area contributed by atoms with Crippen molar-refractivity contribution in [2.24, 2.45) is 0 Å². The highest BCUT2D eigenvalue weighted by Crippen LogP contribution is 2.31. The molecule has 0 fully saturated rings. The van der Waals surface area contributed by atoms with Gasteiger partial charge in [0.25, 0.3) is 5.91 Å². The van der Waals surface area contributed by atoms with Crippen LogP contribution in [0.2, 0.25) is 5.02 Å². The molecule has 142 valence electrons. The molecule has 2 N–H and O–H groups in total. The Kier molecular flexibility index (Phi) is 5.07. The molecule has 1 unspecified atom stereocenters. The number of carbonyl (C=O) groups excluding carboxylic acids is 2. The first-order valence-electron chi connectivity index (χ1n) is 8.76.